The third kappa shape index (κ3) is 2.91. The Balaban J connectivity index is 1.75. The standard InChI is InChI=1S/C14H13ClO2S3/c15-11-3-1-10(2-4-11)9-19-13-6-8-20(16,17)14-12(13)5-7-18-14/h1-5,7,13H,6,8-9H2. The average molecular weight is 345 g/mol. The highest BCUT2D eigenvalue weighted by Gasteiger charge is 2.31. The molecule has 2 heterocycles. The first-order valence-corrected chi connectivity index (χ1v) is 10.2. The number of hydrogen-bond donors (Lipinski definition) is 0. The van der Waals surface area contributed by atoms with Crippen LogP contribution in [0, 0.1) is 0 Å². The Hall–Kier alpha value is -0.490. The second-order valence-electron chi connectivity index (χ2n) is 4.70. The van der Waals surface area contributed by atoms with E-state index in [1.807, 2.05) is 35.7 Å². The number of thioether (sulfide) groups is 1. The van der Waals surface area contributed by atoms with Gasteiger partial charge in [-0.15, -0.1) is 23.1 Å². The van der Waals surface area contributed by atoms with Gasteiger partial charge in [-0.25, -0.2) is 8.42 Å². The van der Waals surface area contributed by atoms with Crippen LogP contribution in [0.1, 0.15) is 22.8 Å². The van der Waals surface area contributed by atoms with Crippen molar-refractivity contribution in [1.29, 1.82) is 0 Å². The Morgan fingerprint density at radius 1 is 1.25 bits per heavy atom. The van der Waals surface area contributed by atoms with Crippen LogP contribution < -0.4 is 0 Å². The van der Waals surface area contributed by atoms with Crippen molar-refractivity contribution in [3.05, 3.63) is 51.9 Å². The molecule has 0 saturated carbocycles. The lowest BCUT2D eigenvalue weighted by molar-refractivity contribution is 0.588. The molecule has 1 aliphatic rings. The number of benzene rings is 1. The monoisotopic (exact) mass is 344 g/mol. The predicted molar refractivity (Wildman–Crippen MR) is 86.5 cm³/mol. The molecule has 0 saturated heterocycles. The van der Waals surface area contributed by atoms with Gasteiger partial charge in [0.25, 0.3) is 0 Å². The van der Waals surface area contributed by atoms with Gasteiger partial charge in [0, 0.05) is 16.0 Å². The first-order valence-electron chi connectivity index (χ1n) is 6.22. The summed E-state index contributed by atoms with van der Waals surface area (Å²) in [4.78, 5) is 0. The molecule has 1 aromatic heterocycles. The summed E-state index contributed by atoms with van der Waals surface area (Å²) in [6, 6.07) is 9.76. The van der Waals surface area contributed by atoms with Crippen LogP contribution in [-0.2, 0) is 15.6 Å². The van der Waals surface area contributed by atoms with E-state index in [0.717, 1.165) is 16.3 Å². The topological polar surface area (TPSA) is 34.1 Å². The van der Waals surface area contributed by atoms with E-state index in [4.69, 9.17) is 11.6 Å². The summed E-state index contributed by atoms with van der Waals surface area (Å²) in [6.45, 7) is 0. The molecule has 0 bridgehead atoms. The van der Waals surface area contributed by atoms with Crippen molar-refractivity contribution in [1.82, 2.24) is 0 Å². The summed E-state index contributed by atoms with van der Waals surface area (Å²) in [5.74, 6) is 1.13. The van der Waals surface area contributed by atoms with Crippen LogP contribution in [0.15, 0.2) is 39.9 Å². The molecule has 0 aliphatic carbocycles. The maximum Gasteiger partial charge on any atom is 0.188 e. The summed E-state index contributed by atoms with van der Waals surface area (Å²) in [5.41, 5.74) is 2.20. The Morgan fingerprint density at radius 2 is 2.00 bits per heavy atom. The second-order valence-corrected chi connectivity index (χ2v) is 9.55. The Bertz CT molecular complexity index is 704. The first kappa shape index (κ1) is 14.4. The molecule has 0 fully saturated rings. The molecule has 1 unspecified atom stereocenters. The first-order chi connectivity index (χ1) is 9.56. The molecule has 6 heteroatoms. The highest BCUT2D eigenvalue weighted by Crippen LogP contribution is 2.44. The zero-order valence-corrected chi connectivity index (χ0v) is 13.8. The SMILES string of the molecule is O=S1(=O)CCC(SCc2ccc(Cl)cc2)c2ccsc21. The van der Waals surface area contributed by atoms with Gasteiger partial charge in [0.1, 0.15) is 4.21 Å². The van der Waals surface area contributed by atoms with Crippen LogP contribution in [0.2, 0.25) is 5.02 Å². The molecule has 2 nitrogen and oxygen atoms in total. The van der Waals surface area contributed by atoms with Crippen LogP contribution in [0.25, 0.3) is 0 Å². The highest BCUT2D eigenvalue weighted by molar-refractivity contribution is 7.99. The van der Waals surface area contributed by atoms with E-state index in [-0.39, 0.29) is 11.0 Å². The van der Waals surface area contributed by atoms with E-state index in [2.05, 4.69) is 0 Å². The molecule has 0 spiro atoms. The van der Waals surface area contributed by atoms with E-state index >= 15 is 0 Å². The summed E-state index contributed by atoms with van der Waals surface area (Å²) in [5, 5.41) is 2.89. The van der Waals surface area contributed by atoms with Crippen molar-refractivity contribution in [2.45, 2.75) is 21.6 Å². The van der Waals surface area contributed by atoms with Gasteiger partial charge in [-0.2, -0.15) is 0 Å². The Kier molecular flexibility index (Phi) is 4.13. The molecular formula is C14H13ClO2S3. The van der Waals surface area contributed by atoms with Crippen LogP contribution >= 0.6 is 34.7 Å². The summed E-state index contributed by atoms with van der Waals surface area (Å²) in [6.07, 6.45) is 0.699. The molecule has 0 N–H and O–H groups in total. The summed E-state index contributed by atoms with van der Waals surface area (Å²) in [7, 11) is -3.03. The lowest BCUT2D eigenvalue weighted by Crippen LogP contribution is -2.16. The molecular weight excluding hydrogens is 332 g/mol. The summed E-state index contributed by atoms with van der Waals surface area (Å²) < 4.78 is 24.5. The minimum Gasteiger partial charge on any atom is -0.223 e. The molecule has 1 aliphatic heterocycles. The zero-order valence-electron chi connectivity index (χ0n) is 10.6. The zero-order chi connectivity index (χ0) is 14.2. The number of fused-ring (bicyclic) bond motifs is 1. The highest BCUT2D eigenvalue weighted by atomic mass is 35.5. The number of sulfone groups is 1. The van der Waals surface area contributed by atoms with Crippen molar-refractivity contribution in [3.8, 4) is 0 Å². The van der Waals surface area contributed by atoms with Crippen molar-refractivity contribution < 1.29 is 8.42 Å². The minimum atomic E-state index is -3.03. The predicted octanol–water partition coefficient (Wildman–Crippen LogP) is 4.55. The van der Waals surface area contributed by atoms with Crippen LogP contribution in [0.4, 0.5) is 0 Å². The maximum absolute atomic E-state index is 12.0. The molecule has 1 atom stereocenters. The minimum absolute atomic E-state index is 0.263. The number of thiophene rings is 1. The van der Waals surface area contributed by atoms with Crippen LogP contribution in [0.5, 0.6) is 0 Å². The number of hydrogen-bond acceptors (Lipinski definition) is 4. The van der Waals surface area contributed by atoms with Crippen molar-refractivity contribution in [3.63, 3.8) is 0 Å². The van der Waals surface area contributed by atoms with Gasteiger partial charge < -0.3 is 0 Å². The van der Waals surface area contributed by atoms with E-state index < -0.39 is 9.84 Å². The summed E-state index contributed by atoms with van der Waals surface area (Å²) >= 11 is 9.02. The van der Waals surface area contributed by atoms with Gasteiger partial charge in [0.05, 0.1) is 5.75 Å². The van der Waals surface area contributed by atoms with E-state index in [1.165, 1.54) is 16.9 Å². The fourth-order valence-corrected chi connectivity index (χ4v) is 6.92. The molecule has 3 rings (SSSR count). The van der Waals surface area contributed by atoms with Gasteiger partial charge >= 0.3 is 0 Å². The van der Waals surface area contributed by atoms with E-state index in [9.17, 15) is 8.42 Å². The lowest BCUT2D eigenvalue weighted by atomic mass is 10.2. The average Bonchev–Trinajstić information content (AvgIpc) is 2.91. The lowest BCUT2D eigenvalue weighted by Gasteiger charge is -2.22. The van der Waals surface area contributed by atoms with E-state index in [0.29, 0.717) is 10.6 Å². The smallest absolute Gasteiger partial charge is 0.188 e. The van der Waals surface area contributed by atoms with Crippen LogP contribution in [0.3, 0.4) is 0 Å². The molecule has 1 aromatic carbocycles. The Labute approximate surface area is 132 Å². The fourth-order valence-electron chi connectivity index (χ4n) is 2.26. The fraction of sp³-hybridized carbons (Fsp3) is 0.286. The quantitative estimate of drug-likeness (QED) is 0.818. The number of halogens is 1. The van der Waals surface area contributed by atoms with Crippen molar-refractivity contribution in [2.75, 3.05) is 5.75 Å². The molecule has 20 heavy (non-hydrogen) atoms. The molecule has 0 radical (unpaired) electrons. The maximum atomic E-state index is 12.0. The normalized spacial score (nSPS) is 20.6. The second kappa shape index (κ2) is 5.72. The third-order valence-corrected chi connectivity index (χ3v) is 8.29. The van der Waals surface area contributed by atoms with Gasteiger partial charge in [-0.3, -0.25) is 0 Å². The molecule has 0 amide bonds. The van der Waals surface area contributed by atoms with Gasteiger partial charge in [-0.1, -0.05) is 23.7 Å². The molecule has 106 valence electrons. The van der Waals surface area contributed by atoms with E-state index in [1.54, 1.807) is 11.8 Å². The van der Waals surface area contributed by atoms with Crippen molar-refractivity contribution in [2.24, 2.45) is 0 Å². The van der Waals surface area contributed by atoms with Crippen LogP contribution in [-0.4, -0.2) is 14.2 Å². The van der Waals surface area contributed by atoms with Gasteiger partial charge in [0.2, 0.25) is 0 Å². The molecule has 2 aromatic rings. The third-order valence-electron chi connectivity index (χ3n) is 3.30. The van der Waals surface area contributed by atoms with Gasteiger partial charge in [-0.05, 0) is 41.1 Å². The number of rotatable bonds is 3. The Morgan fingerprint density at radius 3 is 2.75 bits per heavy atom. The van der Waals surface area contributed by atoms with Crippen molar-refractivity contribution >= 4 is 44.5 Å². The van der Waals surface area contributed by atoms with Gasteiger partial charge in [0.15, 0.2) is 9.84 Å². The largest absolute Gasteiger partial charge is 0.223 e.